The molecule has 0 bridgehead atoms. The van der Waals surface area contributed by atoms with Gasteiger partial charge in [0.2, 0.25) is 0 Å². The molecule has 0 aromatic heterocycles. The van der Waals surface area contributed by atoms with Crippen LogP contribution in [0.4, 0.5) is 5.69 Å². The summed E-state index contributed by atoms with van der Waals surface area (Å²) in [5, 5.41) is 6.53. The Morgan fingerprint density at radius 3 is 2.64 bits per heavy atom. The van der Waals surface area contributed by atoms with Crippen LogP contribution in [-0.2, 0) is 0 Å². The topological polar surface area (TPSA) is 36.9 Å². The first-order chi connectivity index (χ1) is 10.8. The molecule has 0 amide bonds. The summed E-state index contributed by atoms with van der Waals surface area (Å²) in [6.07, 6.45) is -0.165. The number of anilines is 1. The van der Waals surface area contributed by atoms with Crippen molar-refractivity contribution in [3.63, 3.8) is 0 Å². The Balaban J connectivity index is 1.78. The maximum Gasteiger partial charge on any atom is 0.169 e. The van der Waals surface area contributed by atoms with E-state index in [0.29, 0.717) is 17.4 Å². The van der Waals surface area contributed by atoms with Crippen molar-refractivity contribution in [1.29, 1.82) is 0 Å². The molecule has 1 atom stereocenters. The Morgan fingerprint density at radius 2 is 1.91 bits per heavy atom. The fourth-order valence-corrected chi connectivity index (χ4v) is 2.58. The van der Waals surface area contributed by atoms with Crippen LogP contribution in [0, 0.1) is 0 Å². The molecule has 1 unspecified atom stereocenters. The summed E-state index contributed by atoms with van der Waals surface area (Å²) >= 11 is 11.2. The minimum Gasteiger partial charge on any atom is -0.484 e. The number of hydrogen-bond acceptors (Lipinski definition) is 5. The van der Waals surface area contributed by atoms with Crippen LogP contribution in [-0.4, -0.2) is 24.0 Å². The smallest absolute Gasteiger partial charge is 0.169 e. The average molecular weight is 332 g/mol. The van der Waals surface area contributed by atoms with Crippen LogP contribution in [0.15, 0.2) is 59.7 Å². The molecule has 2 aromatic rings. The van der Waals surface area contributed by atoms with Crippen molar-refractivity contribution in [1.82, 2.24) is 5.43 Å². The van der Waals surface area contributed by atoms with Gasteiger partial charge in [0.15, 0.2) is 5.84 Å². The van der Waals surface area contributed by atoms with Gasteiger partial charge in [0.25, 0.3) is 0 Å². The number of thiocarbonyl (C=S) groups is 1. The lowest BCUT2D eigenvalue weighted by atomic mass is 10.2. The third kappa shape index (κ3) is 3.05. The monoisotopic (exact) mass is 331 g/mol. The standard InChI is InChI=1S/C16H14ClN3OS/c17-13-8-4-5-9-14(13)21-10-15-18-19-16(11-22)20(15)12-6-2-1-3-7-12/h1-9,11,16,19H,10H2. The molecule has 0 saturated carbocycles. The average Bonchev–Trinajstić information content (AvgIpc) is 2.98. The summed E-state index contributed by atoms with van der Waals surface area (Å²) in [7, 11) is 0. The molecule has 1 aliphatic rings. The molecule has 6 heteroatoms. The molecule has 0 spiro atoms. The lowest BCUT2D eigenvalue weighted by Gasteiger charge is -2.24. The first-order valence-corrected chi connectivity index (χ1v) is 7.63. The number of para-hydroxylation sites is 2. The fourth-order valence-electron chi connectivity index (χ4n) is 2.21. The third-order valence-electron chi connectivity index (χ3n) is 3.24. The van der Waals surface area contributed by atoms with Gasteiger partial charge in [0, 0.05) is 11.1 Å². The van der Waals surface area contributed by atoms with Gasteiger partial charge in [-0.1, -0.05) is 54.2 Å². The summed E-state index contributed by atoms with van der Waals surface area (Å²) in [5.74, 6) is 1.38. The molecule has 0 radical (unpaired) electrons. The van der Waals surface area contributed by atoms with E-state index in [1.807, 2.05) is 53.4 Å². The van der Waals surface area contributed by atoms with Crippen molar-refractivity contribution in [3.8, 4) is 5.75 Å². The normalized spacial score (nSPS) is 16.9. The molecule has 0 saturated heterocycles. The van der Waals surface area contributed by atoms with Crippen LogP contribution >= 0.6 is 23.8 Å². The second kappa shape index (κ2) is 6.77. The minimum atomic E-state index is -0.165. The van der Waals surface area contributed by atoms with E-state index in [0.717, 1.165) is 11.5 Å². The van der Waals surface area contributed by atoms with Crippen molar-refractivity contribution in [2.45, 2.75) is 6.17 Å². The van der Waals surface area contributed by atoms with Gasteiger partial charge in [0.05, 0.1) is 5.02 Å². The van der Waals surface area contributed by atoms with Gasteiger partial charge in [0.1, 0.15) is 18.5 Å². The fraction of sp³-hybridized carbons (Fsp3) is 0.125. The van der Waals surface area contributed by atoms with Crippen LogP contribution in [0.3, 0.4) is 0 Å². The second-order valence-electron chi connectivity index (χ2n) is 4.66. The number of hydrogen-bond donors (Lipinski definition) is 1. The molecule has 0 aliphatic carbocycles. The second-order valence-corrected chi connectivity index (χ2v) is 5.34. The maximum atomic E-state index is 6.10. The van der Waals surface area contributed by atoms with Crippen molar-refractivity contribution >= 4 is 40.7 Å². The molecule has 1 aliphatic heterocycles. The van der Waals surface area contributed by atoms with Gasteiger partial charge < -0.3 is 4.74 Å². The van der Waals surface area contributed by atoms with Gasteiger partial charge in [-0.05, 0) is 24.3 Å². The van der Waals surface area contributed by atoms with E-state index in [9.17, 15) is 0 Å². The highest BCUT2D eigenvalue weighted by atomic mass is 35.5. The number of nitrogens with zero attached hydrogens (tertiary/aromatic N) is 2. The van der Waals surface area contributed by atoms with Crippen molar-refractivity contribution in [2.24, 2.45) is 5.10 Å². The predicted molar refractivity (Wildman–Crippen MR) is 93.9 cm³/mol. The molecule has 112 valence electrons. The molecule has 0 fully saturated rings. The van der Waals surface area contributed by atoms with Gasteiger partial charge >= 0.3 is 0 Å². The Bertz CT molecular complexity index is 693. The Hall–Kier alpha value is -2.11. The van der Waals surface area contributed by atoms with Gasteiger partial charge in [-0.25, -0.2) is 0 Å². The van der Waals surface area contributed by atoms with Crippen molar-refractivity contribution in [2.75, 3.05) is 11.5 Å². The number of nitrogens with one attached hydrogen (secondary N) is 1. The minimum absolute atomic E-state index is 0.165. The summed E-state index contributed by atoms with van der Waals surface area (Å²) in [5.41, 5.74) is 4.00. The van der Waals surface area contributed by atoms with E-state index in [2.05, 4.69) is 10.5 Å². The van der Waals surface area contributed by atoms with Crippen LogP contribution in [0.5, 0.6) is 5.75 Å². The lowest BCUT2D eigenvalue weighted by Crippen LogP contribution is -2.42. The highest BCUT2D eigenvalue weighted by Gasteiger charge is 2.27. The number of amidine groups is 1. The van der Waals surface area contributed by atoms with Gasteiger partial charge in [-0.15, -0.1) is 0 Å². The van der Waals surface area contributed by atoms with E-state index in [4.69, 9.17) is 28.6 Å². The summed E-state index contributed by atoms with van der Waals surface area (Å²) in [4.78, 5) is 2.00. The number of halogens is 1. The number of ether oxygens (including phenoxy) is 1. The van der Waals surface area contributed by atoms with Crippen molar-refractivity contribution in [3.05, 3.63) is 59.6 Å². The predicted octanol–water partition coefficient (Wildman–Crippen LogP) is 3.47. The highest BCUT2D eigenvalue weighted by Crippen LogP contribution is 2.24. The highest BCUT2D eigenvalue weighted by molar-refractivity contribution is 7.79. The first kappa shape index (κ1) is 14.8. The zero-order valence-electron chi connectivity index (χ0n) is 11.6. The van der Waals surface area contributed by atoms with E-state index in [1.54, 1.807) is 11.4 Å². The van der Waals surface area contributed by atoms with E-state index in [1.165, 1.54) is 0 Å². The lowest BCUT2D eigenvalue weighted by molar-refractivity contribution is 0.375. The molecule has 2 aromatic carbocycles. The molecule has 1 N–H and O–H groups in total. The Kier molecular flexibility index (Phi) is 4.56. The van der Waals surface area contributed by atoms with Crippen LogP contribution in [0.25, 0.3) is 0 Å². The zero-order chi connectivity index (χ0) is 15.4. The van der Waals surface area contributed by atoms with Gasteiger partial charge in [-0.2, -0.15) is 5.10 Å². The quantitative estimate of drug-likeness (QED) is 0.851. The van der Waals surface area contributed by atoms with Crippen LogP contribution in [0.2, 0.25) is 5.02 Å². The Morgan fingerprint density at radius 1 is 1.18 bits per heavy atom. The SMILES string of the molecule is S=CC1NN=C(COc2ccccc2Cl)N1c1ccccc1. The van der Waals surface area contributed by atoms with Crippen LogP contribution < -0.4 is 15.1 Å². The largest absolute Gasteiger partial charge is 0.484 e. The molecule has 4 nitrogen and oxygen atoms in total. The first-order valence-electron chi connectivity index (χ1n) is 6.78. The van der Waals surface area contributed by atoms with Gasteiger partial charge in [-0.3, -0.25) is 10.3 Å². The van der Waals surface area contributed by atoms with E-state index in [-0.39, 0.29) is 6.17 Å². The summed E-state index contributed by atoms with van der Waals surface area (Å²) in [6, 6.07) is 17.3. The molecule has 22 heavy (non-hydrogen) atoms. The van der Waals surface area contributed by atoms with Crippen molar-refractivity contribution < 1.29 is 4.74 Å². The summed E-state index contributed by atoms with van der Waals surface area (Å²) in [6.45, 7) is 0.297. The molecule has 3 rings (SSSR count). The maximum absolute atomic E-state index is 6.10. The number of rotatable bonds is 5. The number of benzene rings is 2. The molecular weight excluding hydrogens is 318 g/mol. The van der Waals surface area contributed by atoms with Crippen LogP contribution in [0.1, 0.15) is 0 Å². The number of hydrazone groups is 1. The van der Waals surface area contributed by atoms with E-state index < -0.39 is 0 Å². The summed E-state index contributed by atoms with van der Waals surface area (Å²) < 4.78 is 5.77. The third-order valence-corrected chi connectivity index (χ3v) is 3.81. The van der Waals surface area contributed by atoms with E-state index >= 15 is 0 Å². The molecular formula is C16H14ClN3OS. The zero-order valence-corrected chi connectivity index (χ0v) is 13.2. The Labute approximate surface area is 139 Å². The molecule has 1 heterocycles.